The molecule has 0 saturated carbocycles. The van der Waals surface area contributed by atoms with E-state index in [2.05, 4.69) is 25.8 Å². The van der Waals surface area contributed by atoms with Gasteiger partial charge in [-0.3, -0.25) is 25.4 Å². The number of rotatable bonds is 3. The third-order valence-corrected chi connectivity index (χ3v) is 3.14. The predicted octanol–water partition coefficient (Wildman–Crippen LogP) is -2.15. The predicted molar refractivity (Wildman–Crippen MR) is 83.2 cm³/mol. The molecule has 1 aromatic carbocycles. The van der Waals surface area contributed by atoms with E-state index in [1.165, 1.54) is 18.2 Å². The van der Waals surface area contributed by atoms with Crippen LogP contribution < -0.4 is 33.8 Å². The Kier molecular flexibility index (Phi) is 3.63. The molecule has 0 amide bonds. The smallest absolute Gasteiger partial charge is 0.323 e. The highest BCUT2D eigenvalue weighted by Gasteiger charge is 2.18. The average molecular weight is 330 g/mol. The zero-order chi connectivity index (χ0) is 17.3. The molecule has 122 valence electrons. The van der Waals surface area contributed by atoms with E-state index in [1.807, 2.05) is 9.97 Å². The first kappa shape index (κ1) is 15.1. The Morgan fingerprint density at radius 1 is 0.833 bits per heavy atom. The normalized spacial score (nSPS) is 10.5. The van der Waals surface area contributed by atoms with Gasteiger partial charge in [-0.2, -0.15) is 10.2 Å². The Balaban J connectivity index is 2.31. The molecule has 7 N–H and O–H groups in total. The van der Waals surface area contributed by atoms with Gasteiger partial charge in [-0.1, -0.05) is 18.2 Å². The standard InChI is InChI=1S/C12H10N8O4/c13-16-6-4(7-9(21)14-11(23)19-17-7)2-1-3-5(6)8-10(22)15-12(24)20-18-8/h1-3,16H,13H2,(H2,14,19,21,23)(H2,15,20,22,24). The molecule has 0 unspecified atom stereocenters. The minimum absolute atomic E-state index is 0.120. The lowest BCUT2D eigenvalue weighted by molar-refractivity contribution is 0.895. The first-order valence-electron chi connectivity index (χ1n) is 6.49. The number of nitrogen functional groups attached to an aromatic ring is 1. The third-order valence-electron chi connectivity index (χ3n) is 3.14. The summed E-state index contributed by atoms with van der Waals surface area (Å²) in [5.74, 6) is 5.51. The zero-order valence-corrected chi connectivity index (χ0v) is 11.8. The molecule has 24 heavy (non-hydrogen) atoms. The molecule has 3 aromatic rings. The van der Waals surface area contributed by atoms with Crippen molar-refractivity contribution in [2.45, 2.75) is 0 Å². The lowest BCUT2D eigenvalue weighted by Gasteiger charge is -2.12. The number of hydrogen-bond acceptors (Lipinski definition) is 8. The van der Waals surface area contributed by atoms with E-state index in [0.717, 1.165) is 0 Å². The summed E-state index contributed by atoms with van der Waals surface area (Å²) in [4.78, 5) is 50.1. The summed E-state index contributed by atoms with van der Waals surface area (Å²) in [5, 5.41) is 11.6. The van der Waals surface area contributed by atoms with E-state index in [1.54, 1.807) is 0 Å². The lowest BCUT2D eigenvalue weighted by atomic mass is 10.0. The van der Waals surface area contributed by atoms with E-state index >= 15 is 0 Å². The molecule has 2 heterocycles. The summed E-state index contributed by atoms with van der Waals surface area (Å²) in [7, 11) is 0. The Bertz CT molecular complexity index is 1050. The summed E-state index contributed by atoms with van der Waals surface area (Å²) in [6.07, 6.45) is 0. The maximum atomic E-state index is 11.9. The molecule has 0 atom stereocenters. The molecule has 12 heteroatoms. The van der Waals surface area contributed by atoms with Crippen LogP contribution in [0.1, 0.15) is 0 Å². The minimum Gasteiger partial charge on any atom is -0.323 e. The van der Waals surface area contributed by atoms with E-state index < -0.39 is 22.5 Å². The Morgan fingerprint density at radius 2 is 1.29 bits per heavy atom. The number of hydrogen-bond donors (Lipinski definition) is 6. The number of nitrogens with two attached hydrogens (primary N) is 1. The van der Waals surface area contributed by atoms with Crippen LogP contribution in [0.25, 0.3) is 22.5 Å². The van der Waals surface area contributed by atoms with Crippen LogP contribution in [0.5, 0.6) is 0 Å². The van der Waals surface area contributed by atoms with Crippen molar-refractivity contribution in [1.29, 1.82) is 0 Å². The van der Waals surface area contributed by atoms with Crippen LogP contribution in [0.15, 0.2) is 37.4 Å². The van der Waals surface area contributed by atoms with Crippen molar-refractivity contribution in [1.82, 2.24) is 30.4 Å². The van der Waals surface area contributed by atoms with Crippen LogP contribution >= 0.6 is 0 Å². The molecule has 0 fully saturated rings. The van der Waals surface area contributed by atoms with Gasteiger partial charge in [-0.15, -0.1) is 0 Å². The van der Waals surface area contributed by atoms with Crippen LogP contribution in [0.3, 0.4) is 0 Å². The summed E-state index contributed by atoms with van der Waals surface area (Å²) in [6, 6.07) is 4.55. The van der Waals surface area contributed by atoms with Gasteiger partial charge in [0.1, 0.15) is 0 Å². The van der Waals surface area contributed by atoms with Crippen molar-refractivity contribution >= 4 is 5.69 Å². The van der Waals surface area contributed by atoms with E-state index in [9.17, 15) is 19.2 Å². The second kappa shape index (κ2) is 5.77. The Labute approximate surface area is 130 Å². The van der Waals surface area contributed by atoms with E-state index in [4.69, 9.17) is 5.84 Å². The molecule has 12 nitrogen and oxygen atoms in total. The van der Waals surface area contributed by atoms with Crippen molar-refractivity contribution in [3.8, 4) is 22.5 Å². The molecular formula is C12H10N8O4. The molecule has 0 aliphatic heterocycles. The summed E-state index contributed by atoms with van der Waals surface area (Å²) >= 11 is 0. The van der Waals surface area contributed by atoms with Crippen molar-refractivity contribution in [2.24, 2.45) is 5.84 Å². The summed E-state index contributed by atoms with van der Waals surface area (Å²) < 4.78 is 0. The fourth-order valence-corrected chi connectivity index (χ4v) is 2.16. The molecule has 0 aliphatic carbocycles. The number of aromatic amines is 4. The maximum absolute atomic E-state index is 11.9. The number of nitrogens with one attached hydrogen (secondary N) is 5. The van der Waals surface area contributed by atoms with Crippen LogP contribution in [0.2, 0.25) is 0 Å². The fraction of sp³-hybridized carbons (Fsp3) is 0. The van der Waals surface area contributed by atoms with Gasteiger partial charge in [0.15, 0.2) is 11.4 Å². The van der Waals surface area contributed by atoms with Gasteiger partial charge in [0.25, 0.3) is 11.1 Å². The highest BCUT2D eigenvalue weighted by molar-refractivity contribution is 5.87. The van der Waals surface area contributed by atoms with Crippen molar-refractivity contribution < 1.29 is 0 Å². The van der Waals surface area contributed by atoms with Gasteiger partial charge < -0.3 is 5.43 Å². The van der Waals surface area contributed by atoms with Gasteiger partial charge in [-0.25, -0.2) is 19.8 Å². The number of H-pyrrole nitrogens is 4. The largest absolute Gasteiger partial charge is 0.342 e. The summed E-state index contributed by atoms with van der Waals surface area (Å²) in [5.41, 5.74) is -0.267. The number of aromatic nitrogens is 6. The lowest BCUT2D eigenvalue weighted by Crippen LogP contribution is -2.27. The molecule has 0 radical (unpaired) electrons. The quantitative estimate of drug-likeness (QED) is 0.231. The van der Waals surface area contributed by atoms with Gasteiger partial charge in [0.2, 0.25) is 0 Å². The van der Waals surface area contributed by atoms with Crippen molar-refractivity contribution in [3.63, 3.8) is 0 Å². The SMILES string of the molecule is NNc1c(-c2n[nH]c(=O)[nH]c2=O)cccc1-c1n[nH]c(=O)[nH]c1=O. The fourth-order valence-electron chi connectivity index (χ4n) is 2.16. The maximum Gasteiger partial charge on any atom is 0.342 e. The molecule has 0 saturated heterocycles. The first-order valence-corrected chi connectivity index (χ1v) is 6.49. The minimum atomic E-state index is -0.763. The number of nitrogens with zero attached hydrogens (tertiary/aromatic N) is 2. The molecule has 2 aromatic heterocycles. The second-order valence-electron chi connectivity index (χ2n) is 4.58. The van der Waals surface area contributed by atoms with Crippen molar-refractivity contribution in [3.05, 3.63) is 59.9 Å². The van der Waals surface area contributed by atoms with Crippen LogP contribution in [0.4, 0.5) is 5.69 Å². The Hall–Kier alpha value is -3.80. The monoisotopic (exact) mass is 330 g/mol. The van der Waals surface area contributed by atoms with Crippen LogP contribution in [-0.2, 0) is 0 Å². The topological polar surface area (TPSA) is 195 Å². The van der Waals surface area contributed by atoms with E-state index in [-0.39, 0.29) is 28.2 Å². The molecule has 0 bridgehead atoms. The van der Waals surface area contributed by atoms with Gasteiger partial charge in [-0.05, 0) is 0 Å². The van der Waals surface area contributed by atoms with Gasteiger partial charge in [0, 0.05) is 11.1 Å². The van der Waals surface area contributed by atoms with E-state index in [0.29, 0.717) is 0 Å². The van der Waals surface area contributed by atoms with Gasteiger partial charge in [0.05, 0.1) is 5.69 Å². The van der Waals surface area contributed by atoms with Crippen LogP contribution in [-0.4, -0.2) is 30.4 Å². The number of hydrazine groups is 1. The highest BCUT2D eigenvalue weighted by atomic mass is 16.2. The van der Waals surface area contributed by atoms with Gasteiger partial charge >= 0.3 is 11.4 Å². The molecular weight excluding hydrogens is 320 g/mol. The number of benzene rings is 1. The van der Waals surface area contributed by atoms with Crippen molar-refractivity contribution in [2.75, 3.05) is 5.43 Å². The Morgan fingerprint density at radius 3 is 1.67 bits per heavy atom. The zero-order valence-electron chi connectivity index (χ0n) is 11.8. The first-order chi connectivity index (χ1) is 11.5. The highest BCUT2D eigenvalue weighted by Crippen LogP contribution is 2.31. The van der Waals surface area contributed by atoms with Crippen LogP contribution in [0, 0.1) is 0 Å². The third kappa shape index (κ3) is 2.52. The summed E-state index contributed by atoms with van der Waals surface area (Å²) in [6.45, 7) is 0. The molecule has 3 rings (SSSR count). The second-order valence-corrected chi connectivity index (χ2v) is 4.58. The average Bonchev–Trinajstić information content (AvgIpc) is 2.54. The number of para-hydroxylation sites is 1. The number of anilines is 1. The molecule has 0 spiro atoms. The molecule has 0 aliphatic rings.